The Labute approximate surface area is 161 Å². The molecule has 0 saturated carbocycles. The number of fused-ring (bicyclic) bond motifs is 1. The first-order chi connectivity index (χ1) is 13.0. The number of hydrogen-bond acceptors (Lipinski definition) is 7. The van der Waals surface area contributed by atoms with Crippen LogP contribution in [-0.2, 0) is 6.54 Å². The SMILES string of the molecule is Cc1cc(C)n2nc(C(=O)Nc3nc(CN4CCC[C@@H](C)C4)cs3)nc2n1. The normalized spacial score (nSPS) is 18.1. The third kappa shape index (κ3) is 3.98. The molecule has 1 atom stereocenters. The van der Waals surface area contributed by atoms with Crippen molar-refractivity contribution >= 4 is 28.2 Å². The van der Waals surface area contributed by atoms with Crippen LogP contribution in [0, 0.1) is 19.8 Å². The average Bonchev–Trinajstić information content (AvgIpc) is 3.22. The first kappa shape index (κ1) is 18.0. The molecule has 0 aromatic carbocycles. The van der Waals surface area contributed by atoms with Crippen LogP contribution in [-0.4, -0.2) is 48.5 Å². The summed E-state index contributed by atoms with van der Waals surface area (Å²) in [6.07, 6.45) is 2.54. The van der Waals surface area contributed by atoms with Crippen molar-refractivity contribution in [2.45, 2.75) is 40.2 Å². The third-order valence-corrected chi connectivity index (χ3v) is 5.53. The van der Waals surface area contributed by atoms with E-state index in [1.807, 2.05) is 25.3 Å². The molecule has 8 nitrogen and oxygen atoms in total. The van der Waals surface area contributed by atoms with Crippen LogP contribution in [0.15, 0.2) is 11.4 Å². The van der Waals surface area contributed by atoms with E-state index in [9.17, 15) is 4.79 Å². The summed E-state index contributed by atoms with van der Waals surface area (Å²) in [4.78, 5) is 28.0. The Morgan fingerprint density at radius 3 is 3.00 bits per heavy atom. The Hall–Kier alpha value is -2.39. The molecular formula is C18H23N7OS. The average molecular weight is 385 g/mol. The molecule has 9 heteroatoms. The van der Waals surface area contributed by atoms with E-state index in [0.717, 1.165) is 42.6 Å². The minimum atomic E-state index is -0.370. The van der Waals surface area contributed by atoms with Gasteiger partial charge in [-0.2, -0.15) is 4.98 Å². The number of nitrogens with one attached hydrogen (secondary N) is 1. The molecule has 4 heterocycles. The fraction of sp³-hybridized carbons (Fsp3) is 0.500. The minimum absolute atomic E-state index is 0.0952. The number of nitrogens with zero attached hydrogens (tertiary/aromatic N) is 6. The summed E-state index contributed by atoms with van der Waals surface area (Å²) in [6.45, 7) is 9.13. The topological polar surface area (TPSA) is 88.3 Å². The van der Waals surface area contributed by atoms with Crippen LogP contribution in [0.4, 0.5) is 5.13 Å². The molecule has 3 aromatic heterocycles. The van der Waals surface area contributed by atoms with E-state index < -0.39 is 0 Å². The molecule has 1 amide bonds. The summed E-state index contributed by atoms with van der Waals surface area (Å²) in [5.74, 6) is 0.887. The molecule has 1 N–H and O–H groups in total. The second-order valence-corrected chi connectivity index (χ2v) is 8.12. The number of carbonyl (C=O) groups excluding carboxylic acids is 1. The number of aryl methyl sites for hydroxylation is 2. The largest absolute Gasteiger partial charge is 0.297 e. The molecule has 0 aliphatic carbocycles. The maximum Gasteiger partial charge on any atom is 0.297 e. The van der Waals surface area contributed by atoms with Gasteiger partial charge in [-0.1, -0.05) is 6.92 Å². The number of likely N-dealkylation sites (tertiary alicyclic amines) is 1. The number of anilines is 1. The van der Waals surface area contributed by atoms with Crippen molar-refractivity contribution in [1.29, 1.82) is 0 Å². The van der Waals surface area contributed by atoms with Crippen LogP contribution in [0.5, 0.6) is 0 Å². The van der Waals surface area contributed by atoms with E-state index >= 15 is 0 Å². The predicted molar refractivity (Wildman–Crippen MR) is 104 cm³/mol. The van der Waals surface area contributed by atoms with Crippen LogP contribution in [0.1, 0.15) is 47.5 Å². The van der Waals surface area contributed by atoms with E-state index in [4.69, 9.17) is 0 Å². The summed E-state index contributed by atoms with van der Waals surface area (Å²) in [5.41, 5.74) is 2.72. The van der Waals surface area contributed by atoms with Gasteiger partial charge in [-0.05, 0) is 45.2 Å². The van der Waals surface area contributed by atoms with Crippen LogP contribution in [0.3, 0.4) is 0 Å². The number of aromatic nitrogens is 5. The lowest BCUT2D eigenvalue weighted by Gasteiger charge is -2.30. The van der Waals surface area contributed by atoms with Gasteiger partial charge in [-0.25, -0.2) is 14.5 Å². The molecule has 0 radical (unpaired) electrons. The molecule has 1 aliphatic rings. The number of carbonyl (C=O) groups is 1. The van der Waals surface area contributed by atoms with Crippen molar-refractivity contribution in [3.8, 4) is 0 Å². The molecule has 142 valence electrons. The zero-order valence-electron chi connectivity index (χ0n) is 15.8. The van der Waals surface area contributed by atoms with Crippen LogP contribution in [0.25, 0.3) is 5.78 Å². The molecule has 1 aliphatic heterocycles. The first-order valence-corrected chi connectivity index (χ1v) is 10.0. The van der Waals surface area contributed by atoms with Gasteiger partial charge in [-0.15, -0.1) is 16.4 Å². The Morgan fingerprint density at radius 2 is 2.19 bits per heavy atom. The zero-order valence-corrected chi connectivity index (χ0v) is 16.6. The van der Waals surface area contributed by atoms with Crippen LogP contribution in [0.2, 0.25) is 0 Å². The minimum Gasteiger partial charge on any atom is -0.297 e. The fourth-order valence-corrected chi connectivity index (χ4v) is 4.21. The highest BCUT2D eigenvalue weighted by atomic mass is 32.1. The van der Waals surface area contributed by atoms with Gasteiger partial charge in [0.05, 0.1) is 5.69 Å². The summed E-state index contributed by atoms with van der Waals surface area (Å²) in [5, 5.41) is 9.63. The first-order valence-electron chi connectivity index (χ1n) is 9.17. The van der Waals surface area contributed by atoms with Crippen LogP contribution < -0.4 is 5.32 Å². The van der Waals surface area contributed by atoms with Gasteiger partial charge >= 0.3 is 0 Å². The van der Waals surface area contributed by atoms with Gasteiger partial charge in [0.1, 0.15) is 0 Å². The molecule has 0 unspecified atom stereocenters. The second kappa shape index (κ2) is 7.32. The lowest BCUT2D eigenvalue weighted by atomic mass is 10.0. The van der Waals surface area contributed by atoms with E-state index in [1.54, 1.807) is 4.52 Å². The van der Waals surface area contributed by atoms with E-state index in [2.05, 4.69) is 37.2 Å². The monoisotopic (exact) mass is 385 g/mol. The zero-order chi connectivity index (χ0) is 19.0. The quantitative estimate of drug-likeness (QED) is 0.743. The number of hydrogen-bond donors (Lipinski definition) is 1. The van der Waals surface area contributed by atoms with E-state index in [0.29, 0.717) is 10.9 Å². The second-order valence-electron chi connectivity index (χ2n) is 7.27. The standard InChI is InChI=1S/C18H23N7OS/c1-11-5-4-6-24(8-11)9-14-10-27-18(20-14)22-16(26)15-21-17-19-12(2)7-13(3)25(17)23-15/h7,10-11H,4-6,8-9H2,1-3H3,(H,20,22,26)/t11-/m1/s1. The predicted octanol–water partition coefficient (Wildman–Crippen LogP) is 2.68. The Bertz CT molecular complexity index is 979. The molecular weight excluding hydrogens is 362 g/mol. The lowest BCUT2D eigenvalue weighted by molar-refractivity contribution is 0.101. The van der Waals surface area contributed by atoms with Crippen molar-refractivity contribution in [3.05, 3.63) is 34.4 Å². The third-order valence-electron chi connectivity index (χ3n) is 4.72. The van der Waals surface area contributed by atoms with Crippen molar-refractivity contribution in [2.75, 3.05) is 18.4 Å². The van der Waals surface area contributed by atoms with Gasteiger partial charge in [-0.3, -0.25) is 15.0 Å². The molecule has 0 spiro atoms. The van der Waals surface area contributed by atoms with Gasteiger partial charge < -0.3 is 0 Å². The highest BCUT2D eigenvalue weighted by Crippen LogP contribution is 2.21. The van der Waals surface area contributed by atoms with Crippen molar-refractivity contribution < 1.29 is 4.79 Å². The van der Waals surface area contributed by atoms with Crippen molar-refractivity contribution in [2.24, 2.45) is 5.92 Å². The molecule has 4 rings (SSSR count). The lowest BCUT2D eigenvalue weighted by Crippen LogP contribution is -2.33. The van der Waals surface area contributed by atoms with Gasteiger partial charge in [0, 0.05) is 29.9 Å². The highest BCUT2D eigenvalue weighted by molar-refractivity contribution is 7.13. The maximum absolute atomic E-state index is 12.5. The molecule has 3 aromatic rings. The number of piperidine rings is 1. The molecule has 1 saturated heterocycles. The maximum atomic E-state index is 12.5. The highest BCUT2D eigenvalue weighted by Gasteiger charge is 2.19. The summed E-state index contributed by atoms with van der Waals surface area (Å²) in [6, 6.07) is 1.90. The number of amides is 1. The number of rotatable bonds is 4. The Morgan fingerprint density at radius 1 is 1.33 bits per heavy atom. The van der Waals surface area contributed by atoms with E-state index in [1.165, 1.54) is 24.2 Å². The fourth-order valence-electron chi connectivity index (χ4n) is 3.51. The van der Waals surface area contributed by atoms with Crippen molar-refractivity contribution in [1.82, 2.24) is 29.5 Å². The smallest absolute Gasteiger partial charge is 0.297 e. The van der Waals surface area contributed by atoms with Gasteiger partial charge in [0.15, 0.2) is 5.13 Å². The molecule has 27 heavy (non-hydrogen) atoms. The summed E-state index contributed by atoms with van der Waals surface area (Å²) in [7, 11) is 0. The molecule has 0 bridgehead atoms. The van der Waals surface area contributed by atoms with Gasteiger partial charge in [0.2, 0.25) is 5.82 Å². The number of thiazole rings is 1. The summed E-state index contributed by atoms with van der Waals surface area (Å²) < 4.78 is 1.58. The van der Waals surface area contributed by atoms with E-state index in [-0.39, 0.29) is 11.7 Å². The van der Waals surface area contributed by atoms with Gasteiger partial charge in [0.25, 0.3) is 11.7 Å². The Balaban J connectivity index is 1.44. The van der Waals surface area contributed by atoms with Crippen LogP contribution >= 0.6 is 11.3 Å². The molecule has 1 fully saturated rings. The summed E-state index contributed by atoms with van der Waals surface area (Å²) >= 11 is 1.43. The van der Waals surface area contributed by atoms with Crippen molar-refractivity contribution in [3.63, 3.8) is 0 Å². The Kier molecular flexibility index (Phi) is 4.88.